The normalized spacial score (nSPS) is 13.5. The molecule has 114 valence electrons. The standard InChI is InChI=1S/C14H15BrF2N2O2/c1-14(2,3)9(20)6-10-18-13(19-21-10)7-4-5-8(16)12(17)11(7)15/h4-5,9,20H,6H2,1-3H3. The zero-order valence-electron chi connectivity index (χ0n) is 11.8. The summed E-state index contributed by atoms with van der Waals surface area (Å²) < 4.78 is 31.6. The number of aliphatic hydroxyl groups is 1. The molecule has 1 atom stereocenters. The van der Waals surface area contributed by atoms with Gasteiger partial charge in [0.2, 0.25) is 11.7 Å². The molecule has 1 aromatic heterocycles. The van der Waals surface area contributed by atoms with E-state index in [0.717, 1.165) is 6.07 Å². The monoisotopic (exact) mass is 360 g/mol. The van der Waals surface area contributed by atoms with E-state index in [-0.39, 0.29) is 33.6 Å². The highest BCUT2D eigenvalue weighted by Gasteiger charge is 2.25. The molecular weight excluding hydrogens is 346 g/mol. The van der Waals surface area contributed by atoms with E-state index >= 15 is 0 Å². The van der Waals surface area contributed by atoms with E-state index < -0.39 is 17.7 Å². The SMILES string of the molecule is CC(C)(C)C(O)Cc1nc(-c2ccc(F)c(F)c2Br)no1. The van der Waals surface area contributed by atoms with Gasteiger partial charge in [0.05, 0.1) is 17.0 Å². The number of hydrogen-bond acceptors (Lipinski definition) is 4. The molecule has 2 aromatic rings. The topological polar surface area (TPSA) is 59.2 Å². The molecule has 0 saturated carbocycles. The van der Waals surface area contributed by atoms with Crippen molar-refractivity contribution in [2.75, 3.05) is 0 Å². The Hall–Kier alpha value is -1.34. The van der Waals surface area contributed by atoms with E-state index in [0.29, 0.717) is 0 Å². The third-order valence-corrected chi connectivity index (χ3v) is 3.89. The van der Waals surface area contributed by atoms with Crippen molar-refractivity contribution in [2.24, 2.45) is 5.41 Å². The van der Waals surface area contributed by atoms with Crippen molar-refractivity contribution in [2.45, 2.75) is 33.3 Å². The van der Waals surface area contributed by atoms with Crippen LogP contribution in [-0.2, 0) is 6.42 Å². The quantitative estimate of drug-likeness (QED) is 0.847. The summed E-state index contributed by atoms with van der Waals surface area (Å²) in [6.07, 6.45) is -0.461. The van der Waals surface area contributed by atoms with Gasteiger partial charge in [-0.3, -0.25) is 0 Å². The summed E-state index contributed by atoms with van der Waals surface area (Å²) in [5.41, 5.74) is -0.0360. The van der Waals surface area contributed by atoms with Crippen molar-refractivity contribution in [3.8, 4) is 11.4 Å². The molecular formula is C14H15BrF2N2O2. The van der Waals surface area contributed by atoms with Crippen LogP contribution in [0.1, 0.15) is 26.7 Å². The predicted octanol–water partition coefficient (Wildman–Crippen LogP) is 3.73. The van der Waals surface area contributed by atoms with Crippen LogP contribution in [0.2, 0.25) is 0 Å². The zero-order valence-corrected chi connectivity index (χ0v) is 13.4. The summed E-state index contributed by atoms with van der Waals surface area (Å²) in [5, 5.41) is 13.7. The van der Waals surface area contributed by atoms with Gasteiger partial charge in [-0.25, -0.2) is 8.78 Å². The number of halogens is 3. The lowest BCUT2D eigenvalue weighted by atomic mass is 9.87. The molecule has 0 radical (unpaired) electrons. The fourth-order valence-corrected chi connectivity index (χ4v) is 2.12. The third kappa shape index (κ3) is 3.47. The maximum absolute atomic E-state index is 13.5. The summed E-state index contributed by atoms with van der Waals surface area (Å²) >= 11 is 2.97. The Morgan fingerprint density at radius 3 is 2.62 bits per heavy atom. The zero-order chi connectivity index (χ0) is 15.8. The average Bonchev–Trinajstić information content (AvgIpc) is 2.83. The van der Waals surface area contributed by atoms with Crippen LogP contribution in [0, 0.1) is 17.0 Å². The Morgan fingerprint density at radius 1 is 1.33 bits per heavy atom. The maximum Gasteiger partial charge on any atom is 0.229 e. The highest BCUT2D eigenvalue weighted by molar-refractivity contribution is 9.10. The Bertz CT molecular complexity index is 653. The number of hydrogen-bond donors (Lipinski definition) is 1. The fourth-order valence-electron chi connectivity index (χ4n) is 1.62. The molecule has 1 aromatic carbocycles. The lowest BCUT2D eigenvalue weighted by Gasteiger charge is -2.24. The van der Waals surface area contributed by atoms with Crippen LogP contribution in [0.15, 0.2) is 21.1 Å². The van der Waals surface area contributed by atoms with E-state index in [9.17, 15) is 13.9 Å². The molecule has 1 N–H and O–H groups in total. The van der Waals surface area contributed by atoms with Crippen molar-refractivity contribution < 1.29 is 18.4 Å². The minimum atomic E-state index is -1.01. The highest BCUT2D eigenvalue weighted by Crippen LogP contribution is 2.30. The minimum absolute atomic E-state index is 0.0637. The van der Waals surface area contributed by atoms with Gasteiger partial charge in [0.25, 0.3) is 0 Å². The first-order valence-electron chi connectivity index (χ1n) is 6.34. The summed E-state index contributed by atoms with van der Waals surface area (Å²) in [7, 11) is 0. The summed E-state index contributed by atoms with van der Waals surface area (Å²) in [5.74, 6) is -1.59. The fraction of sp³-hybridized carbons (Fsp3) is 0.429. The number of rotatable bonds is 3. The molecule has 0 aliphatic rings. The molecule has 1 unspecified atom stereocenters. The summed E-state index contributed by atoms with van der Waals surface area (Å²) in [4.78, 5) is 4.11. The Labute approximate surface area is 129 Å². The lowest BCUT2D eigenvalue weighted by Crippen LogP contribution is -2.28. The molecule has 0 fully saturated rings. The van der Waals surface area contributed by atoms with E-state index in [2.05, 4.69) is 26.1 Å². The van der Waals surface area contributed by atoms with Crippen LogP contribution in [0.4, 0.5) is 8.78 Å². The molecule has 1 heterocycles. The van der Waals surface area contributed by atoms with Gasteiger partial charge in [0, 0.05) is 5.56 Å². The molecule has 0 bridgehead atoms. The van der Waals surface area contributed by atoms with Crippen molar-refractivity contribution in [3.05, 3.63) is 34.1 Å². The second kappa shape index (κ2) is 5.81. The second-order valence-corrected chi connectivity index (χ2v) is 6.61. The van der Waals surface area contributed by atoms with Crippen molar-refractivity contribution in [1.82, 2.24) is 10.1 Å². The van der Waals surface area contributed by atoms with Crippen LogP contribution in [0.5, 0.6) is 0 Å². The highest BCUT2D eigenvalue weighted by atomic mass is 79.9. The summed E-state index contributed by atoms with van der Waals surface area (Å²) in [6, 6.07) is 2.35. The van der Waals surface area contributed by atoms with E-state index in [1.54, 1.807) is 0 Å². The maximum atomic E-state index is 13.5. The first-order valence-corrected chi connectivity index (χ1v) is 7.14. The van der Waals surface area contributed by atoms with Gasteiger partial charge in [0.15, 0.2) is 11.6 Å². The van der Waals surface area contributed by atoms with Gasteiger partial charge in [0.1, 0.15) is 0 Å². The van der Waals surface area contributed by atoms with Crippen LogP contribution >= 0.6 is 15.9 Å². The lowest BCUT2D eigenvalue weighted by molar-refractivity contribution is 0.0565. The number of benzene rings is 1. The van der Waals surface area contributed by atoms with Crippen molar-refractivity contribution >= 4 is 15.9 Å². The first-order chi connectivity index (χ1) is 9.70. The van der Waals surface area contributed by atoms with Gasteiger partial charge in [-0.05, 0) is 33.5 Å². The van der Waals surface area contributed by atoms with E-state index in [1.165, 1.54) is 6.07 Å². The molecule has 4 nitrogen and oxygen atoms in total. The molecule has 0 aliphatic heterocycles. The van der Waals surface area contributed by atoms with Crippen LogP contribution in [0.3, 0.4) is 0 Å². The van der Waals surface area contributed by atoms with Crippen LogP contribution in [-0.4, -0.2) is 21.4 Å². The van der Waals surface area contributed by atoms with Gasteiger partial charge in [-0.2, -0.15) is 4.98 Å². The van der Waals surface area contributed by atoms with E-state index in [4.69, 9.17) is 4.52 Å². The number of aromatic nitrogens is 2. The van der Waals surface area contributed by atoms with Gasteiger partial charge in [-0.1, -0.05) is 25.9 Å². The van der Waals surface area contributed by atoms with E-state index in [1.807, 2.05) is 20.8 Å². The number of nitrogens with zero attached hydrogens (tertiary/aromatic N) is 2. The first kappa shape index (κ1) is 16.0. The Morgan fingerprint density at radius 2 is 2.00 bits per heavy atom. The molecule has 0 spiro atoms. The van der Waals surface area contributed by atoms with Crippen LogP contribution < -0.4 is 0 Å². The largest absolute Gasteiger partial charge is 0.392 e. The minimum Gasteiger partial charge on any atom is -0.392 e. The van der Waals surface area contributed by atoms with Crippen LogP contribution in [0.25, 0.3) is 11.4 Å². The predicted molar refractivity (Wildman–Crippen MR) is 76.5 cm³/mol. The number of aliphatic hydroxyl groups excluding tert-OH is 1. The third-order valence-electron chi connectivity index (χ3n) is 3.11. The van der Waals surface area contributed by atoms with Gasteiger partial charge < -0.3 is 9.63 Å². The second-order valence-electron chi connectivity index (χ2n) is 5.82. The Balaban J connectivity index is 2.27. The Kier molecular flexibility index (Phi) is 4.43. The molecule has 0 amide bonds. The van der Waals surface area contributed by atoms with Gasteiger partial charge >= 0.3 is 0 Å². The smallest absolute Gasteiger partial charge is 0.229 e. The molecule has 2 rings (SSSR count). The van der Waals surface area contributed by atoms with Gasteiger partial charge in [-0.15, -0.1) is 0 Å². The summed E-state index contributed by atoms with van der Waals surface area (Å²) in [6.45, 7) is 5.67. The molecule has 0 saturated heterocycles. The molecule has 0 aliphatic carbocycles. The van der Waals surface area contributed by atoms with Crippen molar-refractivity contribution in [1.29, 1.82) is 0 Å². The average molecular weight is 361 g/mol. The van der Waals surface area contributed by atoms with Crippen molar-refractivity contribution in [3.63, 3.8) is 0 Å². The molecule has 21 heavy (non-hydrogen) atoms. The molecule has 7 heteroatoms.